The van der Waals surface area contributed by atoms with Crippen LogP contribution in [-0.4, -0.2) is 21.7 Å². The number of nitrogens with zero attached hydrogens (tertiary/aromatic N) is 3. The van der Waals surface area contributed by atoms with Gasteiger partial charge in [0.1, 0.15) is 5.69 Å². The minimum absolute atomic E-state index is 0.145. The van der Waals surface area contributed by atoms with E-state index in [9.17, 15) is 0 Å². The summed E-state index contributed by atoms with van der Waals surface area (Å²) >= 11 is 0. The van der Waals surface area contributed by atoms with Gasteiger partial charge in [0.15, 0.2) is 0 Å². The summed E-state index contributed by atoms with van der Waals surface area (Å²) in [5.41, 5.74) is 1.70. The van der Waals surface area contributed by atoms with Crippen molar-refractivity contribution in [2.24, 2.45) is 0 Å². The fourth-order valence-electron chi connectivity index (χ4n) is 2.68. The molecule has 0 amide bonds. The summed E-state index contributed by atoms with van der Waals surface area (Å²) in [6.07, 6.45) is 4.90. The second-order valence-electron chi connectivity index (χ2n) is 5.06. The number of pyridine rings is 1. The highest BCUT2D eigenvalue weighted by atomic mass is 16.5. The van der Waals surface area contributed by atoms with Gasteiger partial charge in [-0.2, -0.15) is 4.98 Å². The number of aryl methyl sites for hydroxylation is 1. The molecule has 0 aromatic carbocycles. The van der Waals surface area contributed by atoms with Crippen molar-refractivity contribution in [1.82, 2.24) is 20.4 Å². The van der Waals surface area contributed by atoms with E-state index in [1.54, 1.807) is 6.20 Å². The maximum Gasteiger partial charge on any atom is 0.247 e. The van der Waals surface area contributed by atoms with E-state index in [-0.39, 0.29) is 5.54 Å². The third-order valence-corrected chi connectivity index (χ3v) is 3.90. The zero-order valence-electron chi connectivity index (χ0n) is 11.3. The van der Waals surface area contributed by atoms with Gasteiger partial charge in [-0.1, -0.05) is 18.1 Å². The van der Waals surface area contributed by atoms with Crippen LogP contribution in [0.1, 0.15) is 37.6 Å². The SMILES string of the molecule is CCC1(c2nc(-c3ncccc3C)no2)CCCN1. The summed E-state index contributed by atoms with van der Waals surface area (Å²) in [6, 6.07) is 3.91. The first kappa shape index (κ1) is 12.3. The van der Waals surface area contributed by atoms with Crippen LogP contribution in [-0.2, 0) is 5.54 Å². The van der Waals surface area contributed by atoms with Crippen LogP contribution in [0.3, 0.4) is 0 Å². The summed E-state index contributed by atoms with van der Waals surface area (Å²) in [4.78, 5) is 8.90. The second kappa shape index (κ2) is 4.74. The lowest BCUT2D eigenvalue weighted by molar-refractivity contribution is 0.250. The predicted octanol–water partition coefficient (Wildman–Crippen LogP) is 2.43. The maximum absolute atomic E-state index is 5.49. The minimum atomic E-state index is -0.145. The van der Waals surface area contributed by atoms with Gasteiger partial charge in [-0.3, -0.25) is 4.98 Å². The summed E-state index contributed by atoms with van der Waals surface area (Å²) in [7, 11) is 0. The molecule has 1 N–H and O–H groups in total. The van der Waals surface area contributed by atoms with E-state index in [1.165, 1.54) is 0 Å². The Bertz CT molecular complexity index is 572. The first-order valence-corrected chi connectivity index (χ1v) is 6.76. The van der Waals surface area contributed by atoms with E-state index in [0.29, 0.717) is 11.7 Å². The molecule has 0 spiro atoms. The molecule has 0 saturated carbocycles. The summed E-state index contributed by atoms with van der Waals surface area (Å²) in [5.74, 6) is 1.27. The topological polar surface area (TPSA) is 63.8 Å². The van der Waals surface area contributed by atoms with Crippen LogP contribution >= 0.6 is 0 Å². The van der Waals surface area contributed by atoms with Crippen molar-refractivity contribution in [3.63, 3.8) is 0 Å². The highest BCUT2D eigenvalue weighted by molar-refractivity contribution is 5.53. The van der Waals surface area contributed by atoms with Crippen molar-refractivity contribution in [3.05, 3.63) is 29.8 Å². The van der Waals surface area contributed by atoms with Crippen LogP contribution in [0.25, 0.3) is 11.5 Å². The summed E-state index contributed by atoms with van der Waals surface area (Å²) < 4.78 is 5.49. The van der Waals surface area contributed by atoms with Crippen molar-refractivity contribution in [2.45, 2.75) is 38.6 Å². The Kier molecular flexibility index (Phi) is 3.06. The Labute approximate surface area is 112 Å². The van der Waals surface area contributed by atoms with E-state index >= 15 is 0 Å². The van der Waals surface area contributed by atoms with E-state index in [0.717, 1.165) is 37.1 Å². The largest absolute Gasteiger partial charge is 0.337 e. The molecular formula is C14H18N4O. The third-order valence-electron chi connectivity index (χ3n) is 3.90. The van der Waals surface area contributed by atoms with Gasteiger partial charge in [-0.25, -0.2) is 0 Å². The normalized spacial score (nSPS) is 22.8. The third kappa shape index (κ3) is 2.04. The molecule has 1 aliphatic rings. The molecule has 1 fully saturated rings. The summed E-state index contributed by atoms with van der Waals surface area (Å²) in [5, 5.41) is 7.60. The predicted molar refractivity (Wildman–Crippen MR) is 71.5 cm³/mol. The average molecular weight is 258 g/mol. The lowest BCUT2D eigenvalue weighted by Crippen LogP contribution is -2.36. The molecule has 1 aliphatic heterocycles. The van der Waals surface area contributed by atoms with Crippen LogP contribution in [0.4, 0.5) is 0 Å². The number of hydrogen-bond acceptors (Lipinski definition) is 5. The Balaban J connectivity index is 1.98. The number of nitrogens with one attached hydrogen (secondary N) is 1. The Morgan fingerprint density at radius 2 is 2.37 bits per heavy atom. The van der Waals surface area contributed by atoms with Crippen LogP contribution in [0.2, 0.25) is 0 Å². The quantitative estimate of drug-likeness (QED) is 0.916. The molecule has 100 valence electrons. The molecule has 5 nitrogen and oxygen atoms in total. The highest BCUT2D eigenvalue weighted by Gasteiger charge is 2.39. The van der Waals surface area contributed by atoms with Crippen LogP contribution in [0, 0.1) is 6.92 Å². The molecule has 19 heavy (non-hydrogen) atoms. The molecule has 3 heterocycles. The van der Waals surface area contributed by atoms with Crippen molar-refractivity contribution < 1.29 is 4.52 Å². The lowest BCUT2D eigenvalue weighted by atomic mass is 9.94. The molecule has 1 unspecified atom stereocenters. The molecule has 0 bridgehead atoms. The highest BCUT2D eigenvalue weighted by Crippen LogP contribution is 2.33. The molecule has 1 atom stereocenters. The Morgan fingerprint density at radius 3 is 3.05 bits per heavy atom. The van der Waals surface area contributed by atoms with E-state index < -0.39 is 0 Å². The zero-order chi connectivity index (χ0) is 13.3. The standard InChI is InChI=1S/C14H18N4O/c1-3-14(7-5-9-16-14)13-17-12(18-19-13)11-10(2)6-4-8-15-11/h4,6,8,16H,3,5,7,9H2,1-2H3. The molecule has 5 heteroatoms. The Hall–Kier alpha value is -1.75. The van der Waals surface area contributed by atoms with Gasteiger partial charge in [-0.15, -0.1) is 0 Å². The van der Waals surface area contributed by atoms with Crippen LogP contribution in [0.5, 0.6) is 0 Å². The number of aromatic nitrogens is 3. The second-order valence-corrected chi connectivity index (χ2v) is 5.06. The average Bonchev–Trinajstić information content (AvgIpc) is 3.09. The van der Waals surface area contributed by atoms with Gasteiger partial charge in [0, 0.05) is 6.20 Å². The first-order valence-electron chi connectivity index (χ1n) is 6.76. The fourth-order valence-corrected chi connectivity index (χ4v) is 2.68. The lowest BCUT2D eigenvalue weighted by Gasteiger charge is -2.22. The number of rotatable bonds is 3. The van der Waals surface area contributed by atoms with Gasteiger partial charge in [0.05, 0.1) is 5.54 Å². The van der Waals surface area contributed by atoms with Crippen LogP contribution < -0.4 is 5.32 Å². The van der Waals surface area contributed by atoms with Crippen molar-refractivity contribution in [2.75, 3.05) is 6.54 Å². The van der Waals surface area contributed by atoms with E-state index in [1.807, 2.05) is 19.1 Å². The van der Waals surface area contributed by atoms with Crippen molar-refractivity contribution >= 4 is 0 Å². The monoisotopic (exact) mass is 258 g/mol. The first-order chi connectivity index (χ1) is 9.25. The molecule has 2 aromatic heterocycles. The Morgan fingerprint density at radius 1 is 1.47 bits per heavy atom. The van der Waals surface area contributed by atoms with Gasteiger partial charge >= 0.3 is 0 Å². The van der Waals surface area contributed by atoms with Crippen LogP contribution in [0.15, 0.2) is 22.9 Å². The molecule has 0 aliphatic carbocycles. The van der Waals surface area contributed by atoms with Gasteiger partial charge in [0.2, 0.25) is 11.7 Å². The number of hydrogen-bond donors (Lipinski definition) is 1. The molecule has 1 saturated heterocycles. The smallest absolute Gasteiger partial charge is 0.247 e. The fraction of sp³-hybridized carbons (Fsp3) is 0.500. The zero-order valence-corrected chi connectivity index (χ0v) is 11.3. The van der Waals surface area contributed by atoms with E-state index in [2.05, 4.69) is 27.4 Å². The minimum Gasteiger partial charge on any atom is -0.337 e. The molecule has 2 aromatic rings. The van der Waals surface area contributed by atoms with E-state index in [4.69, 9.17) is 4.52 Å². The maximum atomic E-state index is 5.49. The molecule has 3 rings (SSSR count). The van der Waals surface area contributed by atoms with Crippen molar-refractivity contribution in [1.29, 1.82) is 0 Å². The van der Waals surface area contributed by atoms with Crippen molar-refractivity contribution in [3.8, 4) is 11.5 Å². The molecular weight excluding hydrogens is 240 g/mol. The van der Waals surface area contributed by atoms with Gasteiger partial charge in [0.25, 0.3) is 0 Å². The van der Waals surface area contributed by atoms with Gasteiger partial charge < -0.3 is 9.84 Å². The van der Waals surface area contributed by atoms with Gasteiger partial charge in [-0.05, 0) is 44.4 Å². The summed E-state index contributed by atoms with van der Waals surface area (Å²) in [6.45, 7) is 5.16. The molecule has 0 radical (unpaired) electrons.